The molecule has 0 N–H and O–H groups in total. The summed E-state index contributed by atoms with van der Waals surface area (Å²) < 4.78 is 37.8. The number of amides is 2. The van der Waals surface area contributed by atoms with Crippen molar-refractivity contribution in [3.63, 3.8) is 0 Å². The smallest absolute Gasteiger partial charge is 0.314 e. The van der Waals surface area contributed by atoms with Crippen molar-refractivity contribution in [3.05, 3.63) is 65.0 Å². The van der Waals surface area contributed by atoms with Gasteiger partial charge in [0.15, 0.2) is 9.84 Å². The minimum Gasteiger partial charge on any atom is -0.314 e. The van der Waals surface area contributed by atoms with Crippen LogP contribution in [0.1, 0.15) is 16.7 Å². The van der Waals surface area contributed by atoms with Crippen LogP contribution in [0.25, 0.3) is 0 Å². The predicted molar refractivity (Wildman–Crippen MR) is 102 cm³/mol. The summed E-state index contributed by atoms with van der Waals surface area (Å²) in [5.74, 6) is -0.410. The summed E-state index contributed by atoms with van der Waals surface area (Å²) in [6.07, 6.45) is 0. The second-order valence-electron chi connectivity index (χ2n) is 7.46. The van der Waals surface area contributed by atoms with Crippen molar-refractivity contribution in [2.75, 3.05) is 16.4 Å². The second kappa shape index (κ2) is 6.34. The molecule has 2 atom stereocenters. The SMILES string of the molecule is Cc1cc(C)cc(N2C(=O)N(Cc3ccc(F)cc3)C3CS(=O)(=O)CC32)c1. The molecule has 0 aliphatic carbocycles. The fraction of sp³-hybridized carbons (Fsp3) is 0.350. The van der Waals surface area contributed by atoms with Crippen LogP contribution in [0.5, 0.6) is 0 Å². The molecule has 5 nitrogen and oxygen atoms in total. The van der Waals surface area contributed by atoms with E-state index in [1.807, 2.05) is 32.0 Å². The molecule has 0 saturated carbocycles. The molecule has 0 radical (unpaired) electrons. The molecule has 0 spiro atoms. The minimum absolute atomic E-state index is 0.0314. The number of hydrogen-bond donors (Lipinski definition) is 0. The van der Waals surface area contributed by atoms with Gasteiger partial charge in [0.1, 0.15) is 5.82 Å². The average Bonchev–Trinajstić information content (AvgIpc) is 2.99. The monoisotopic (exact) mass is 388 g/mol. The van der Waals surface area contributed by atoms with Gasteiger partial charge in [0.25, 0.3) is 0 Å². The number of carbonyl (C=O) groups is 1. The lowest BCUT2D eigenvalue weighted by Gasteiger charge is -2.23. The Labute approximate surface area is 158 Å². The largest absolute Gasteiger partial charge is 0.325 e. The number of halogens is 1. The summed E-state index contributed by atoms with van der Waals surface area (Å²) in [5, 5.41) is 0. The maximum atomic E-state index is 13.2. The molecule has 2 aliphatic rings. The number of hydrogen-bond acceptors (Lipinski definition) is 3. The molecule has 0 aromatic heterocycles. The Morgan fingerprint density at radius 3 is 2.22 bits per heavy atom. The summed E-state index contributed by atoms with van der Waals surface area (Å²) in [5.41, 5.74) is 3.54. The molecule has 142 valence electrons. The van der Waals surface area contributed by atoms with Crippen LogP contribution in [0.4, 0.5) is 14.9 Å². The summed E-state index contributed by atoms with van der Waals surface area (Å²) in [6.45, 7) is 4.17. The van der Waals surface area contributed by atoms with Gasteiger partial charge in [0.2, 0.25) is 0 Å². The number of rotatable bonds is 3. The van der Waals surface area contributed by atoms with Crippen molar-refractivity contribution >= 4 is 21.6 Å². The van der Waals surface area contributed by atoms with Crippen LogP contribution in [0.3, 0.4) is 0 Å². The van der Waals surface area contributed by atoms with Gasteiger partial charge < -0.3 is 4.90 Å². The lowest BCUT2D eigenvalue weighted by atomic mass is 10.1. The first-order valence-electron chi connectivity index (χ1n) is 8.86. The molecule has 2 heterocycles. The van der Waals surface area contributed by atoms with Gasteiger partial charge in [-0.3, -0.25) is 4.90 Å². The number of benzene rings is 2. The molecule has 2 amide bonds. The highest BCUT2D eigenvalue weighted by Crippen LogP contribution is 2.36. The van der Waals surface area contributed by atoms with Crippen molar-refractivity contribution in [2.45, 2.75) is 32.5 Å². The van der Waals surface area contributed by atoms with E-state index in [0.717, 1.165) is 22.4 Å². The van der Waals surface area contributed by atoms with Gasteiger partial charge in [0.05, 0.1) is 23.6 Å². The Bertz CT molecular complexity index is 984. The molecule has 2 unspecified atom stereocenters. The number of sulfone groups is 1. The van der Waals surface area contributed by atoms with Crippen molar-refractivity contribution < 1.29 is 17.6 Å². The molecular weight excluding hydrogens is 367 g/mol. The molecule has 27 heavy (non-hydrogen) atoms. The molecule has 7 heteroatoms. The van der Waals surface area contributed by atoms with Gasteiger partial charge in [-0.1, -0.05) is 18.2 Å². The zero-order chi connectivity index (χ0) is 19.3. The highest BCUT2D eigenvalue weighted by molar-refractivity contribution is 7.91. The summed E-state index contributed by atoms with van der Waals surface area (Å²) >= 11 is 0. The second-order valence-corrected chi connectivity index (χ2v) is 9.62. The zero-order valence-electron chi connectivity index (χ0n) is 15.2. The molecule has 4 rings (SSSR count). The highest BCUT2D eigenvalue weighted by atomic mass is 32.2. The maximum absolute atomic E-state index is 13.2. The van der Waals surface area contributed by atoms with Crippen LogP contribution in [-0.4, -0.2) is 42.9 Å². The number of fused-ring (bicyclic) bond motifs is 1. The van der Waals surface area contributed by atoms with E-state index in [2.05, 4.69) is 0 Å². The fourth-order valence-electron chi connectivity index (χ4n) is 4.14. The number of nitrogens with zero attached hydrogens (tertiary/aromatic N) is 2. The standard InChI is InChI=1S/C20H21FN2O3S/c1-13-7-14(2)9-17(8-13)23-19-12-27(25,26)11-18(19)22(20(23)24)10-15-3-5-16(21)6-4-15/h3-9,18-19H,10-12H2,1-2H3. The van der Waals surface area contributed by atoms with Gasteiger partial charge >= 0.3 is 6.03 Å². The van der Waals surface area contributed by atoms with Crippen molar-refractivity contribution in [1.82, 2.24) is 4.90 Å². The molecule has 2 fully saturated rings. The number of urea groups is 1. The molecule has 2 aromatic carbocycles. The number of aryl methyl sites for hydroxylation is 2. The van der Waals surface area contributed by atoms with E-state index in [-0.39, 0.29) is 29.9 Å². The van der Waals surface area contributed by atoms with E-state index in [4.69, 9.17) is 0 Å². The molecule has 2 aromatic rings. The quantitative estimate of drug-likeness (QED) is 0.760. The van der Waals surface area contributed by atoms with E-state index in [1.54, 1.807) is 21.9 Å². The predicted octanol–water partition coefficient (Wildman–Crippen LogP) is 3.05. The Morgan fingerprint density at radius 1 is 1.00 bits per heavy atom. The summed E-state index contributed by atoms with van der Waals surface area (Å²) in [7, 11) is -3.22. The van der Waals surface area contributed by atoms with E-state index in [9.17, 15) is 17.6 Å². The van der Waals surface area contributed by atoms with E-state index >= 15 is 0 Å². The Morgan fingerprint density at radius 2 is 1.59 bits per heavy atom. The van der Waals surface area contributed by atoms with Crippen LogP contribution >= 0.6 is 0 Å². The van der Waals surface area contributed by atoms with Gasteiger partial charge in [-0.25, -0.2) is 17.6 Å². The zero-order valence-corrected chi connectivity index (χ0v) is 16.0. The highest BCUT2D eigenvalue weighted by Gasteiger charge is 2.53. The molecule has 0 bridgehead atoms. The van der Waals surface area contributed by atoms with Crippen LogP contribution in [0.2, 0.25) is 0 Å². The van der Waals surface area contributed by atoms with Crippen LogP contribution in [-0.2, 0) is 16.4 Å². The van der Waals surface area contributed by atoms with Gasteiger partial charge in [-0.15, -0.1) is 0 Å². The first kappa shape index (κ1) is 18.0. The Hall–Kier alpha value is -2.41. The molecular formula is C20H21FN2O3S. The third-order valence-electron chi connectivity index (χ3n) is 5.23. The summed E-state index contributed by atoms with van der Waals surface area (Å²) in [4.78, 5) is 16.4. The maximum Gasteiger partial charge on any atom is 0.325 e. The third kappa shape index (κ3) is 3.32. The first-order chi connectivity index (χ1) is 12.7. The fourth-order valence-corrected chi connectivity index (χ4v) is 6.09. The van der Waals surface area contributed by atoms with Crippen molar-refractivity contribution in [3.8, 4) is 0 Å². The van der Waals surface area contributed by atoms with Crippen molar-refractivity contribution in [1.29, 1.82) is 0 Å². The van der Waals surface area contributed by atoms with Gasteiger partial charge in [-0.2, -0.15) is 0 Å². The van der Waals surface area contributed by atoms with E-state index < -0.39 is 21.9 Å². The third-order valence-corrected chi connectivity index (χ3v) is 6.93. The first-order valence-corrected chi connectivity index (χ1v) is 10.7. The van der Waals surface area contributed by atoms with Gasteiger partial charge in [-0.05, 0) is 54.8 Å². The number of carbonyl (C=O) groups excluding carboxylic acids is 1. The Balaban J connectivity index is 1.72. The number of anilines is 1. The summed E-state index contributed by atoms with van der Waals surface area (Å²) in [6, 6.07) is 10.8. The normalized spacial score (nSPS) is 23.7. The lowest BCUT2D eigenvalue weighted by Crippen LogP contribution is -2.37. The Kier molecular flexibility index (Phi) is 4.22. The van der Waals surface area contributed by atoms with Gasteiger partial charge in [0, 0.05) is 12.2 Å². The topological polar surface area (TPSA) is 57.7 Å². The van der Waals surface area contributed by atoms with Crippen molar-refractivity contribution in [2.24, 2.45) is 0 Å². The average molecular weight is 388 g/mol. The molecule has 2 aliphatic heterocycles. The van der Waals surface area contributed by atoms with Crippen LogP contribution < -0.4 is 4.90 Å². The lowest BCUT2D eigenvalue weighted by molar-refractivity contribution is 0.206. The van der Waals surface area contributed by atoms with Crippen LogP contribution in [0.15, 0.2) is 42.5 Å². The van der Waals surface area contributed by atoms with E-state index in [1.165, 1.54) is 12.1 Å². The van der Waals surface area contributed by atoms with Crippen LogP contribution in [0, 0.1) is 19.7 Å². The van der Waals surface area contributed by atoms with E-state index in [0.29, 0.717) is 0 Å². The molecule has 2 saturated heterocycles. The minimum atomic E-state index is -3.22.